The van der Waals surface area contributed by atoms with Gasteiger partial charge in [-0.05, 0) is 58.7 Å². The Morgan fingerprint density at radius 3 is 0.705 bits per heavy atom. The lowest BCUT2D eigenvalue weighted by Gasteiger charge is -2.11. The van der Waals surface area contributed by atoms with Crippen LogP contribution in [0.3, 0.4) is 0 Å². The molecule has 0 aliphatic carbocycles. The molecule has 0 radical (unpaired) electrons. The third-order valence-electron chi connectivity index (χ3n) is 10.6. The van der Waals surface area contributed by atoms with Crippen molar-refractivity contribution < 1.29 is 4.74 Å². The molecule has 0 aliphatic heterocycles. The highest BCUT2D eigenvalue weighted by molar-refractivity contribution is 5.75. The summed E-state index contributed by atoms with van der Waals surface area (Å²) in [7, 11) is 0. The number of aromatic nitrogens is 4. The molecule has 0 bridgehead atoms. The predicted molar refractivity (Wildman–Crippen MR) is 248 cm³/mol. The minimum absolute atomic E-state index is 0.690. The fraction of sp³-hybridized carbons (Fsp3) is 0. The van der Waals surface area contributed by atoms with Crippen LogP contribution in [0.2, 0.25) is 0 Å². The van der Waals surface area contributed by atoms with E-state index in [1.807, 2.05) is 97.1 Å². The van der Waals surface area contributed by atoms with Crippen LogP contribution in [0.1, 0.15) is 0 Å². The van der Waals surface area contributed by atoms with Gasteiger partial charge in [0.15, 0.2) is 11.6 Å². The number of hydrogen-bond donors (Lipinski definition) is 0. The van der Waals surface area contributed by atoms with Crippen molar-refractivity contribution in [1.29, 1.82) is 0 Å². The molecule has 0 spiro atoms. The monoisotopic (exact) mass is 782 g/mol. The first-order valence-electron chi connectivity index (χ1n) is 20.3. The van der Waals surface area contributed by atoms with Gasteiger partial charge in [-0.15, -0.1) is 0 Å². The Morgan fingerprint density at radius 2 is 0.443 bits per heavy atom. The van der Waals surface area contributed by atoms with E-state index in [-0.39, 0.29) is 0 Å². The summed E-state index contributed by atoms with van der Waals surface area (Å²) in [6.45, 7) is 0. The third-order valence-corrected chi connectivity index (χ3v) is 10.6. The van der Waals surface area contributed by atoms with Gasteiger partial charge in [-0.3, -0.25) is 0 Å². The van der Waals surface area contributed by atoms with Crippen LogP contribution in [-0.2, 0) is 0 Å². The molecule has 0 aliphatic rings. The van der Waals surface area contributed by atoms with Gasteiger partial charge in [0.2, 0.25) is 0 Å². The molecule has 61 heavy (non-hydrogen) atoms. The van der Waals surface area contributed by atoms with Gasteiger partial charge in [-0.2, -0.15) is 0 Å². The molecule has 0 amide bonds. The van der Waals surface area contributed by atoms with Crippen LogP contribution in [0.25, 0.3) is 90.1 Å². The van der Waals surface area contributed by atoms with Crippen molar-refractivity contribution in [2.75, 3.05) is 0 Å². The first-order valence-corrected chi connectivity index (χ1v) is 20.3. The maximum absolute atomic E-state index is 6.27. The maximum Gasteiger partial charge on any atom is 0.160 e. The summed E-state index contributed by atoms with van der Waals surface area (Å²) in [5.74, 6) is 2.92. The van der Waals surface area contributed by atoms with Gasteiger partial charge in [0.1, 0.15) is 11.5 Å². The zero-order valence-electron chi connectivity index (χ0n) is 33.1. The highest BCUT2D eigenvalue weighted by Crippen LogP contribution is 2.33. The molecule has 5 nitrogen and oxygen atoms in total. The second-order valence-corrected chi connectivity index (χ2v) is 14.7. The molecule has 288 valence electrons. The van der Waals surface area contributed by atoms with Gasteiger partial charge in [0, 0.05) is 33.4 Å². The summed E-state index contributed by atoms with van der Waals surface area (Å²) in [4.78, 5) is 19.9. The Labute approximate surface area is 355 Å². The standard InChI is InChI=1S/C56H38N4O/c1-5-13-43(14-6-1)51-37-52(44-15-7-2-8-16-44)58-55(57-51)47-25-21-39(22-26-47)41-29-33-49(34-30-41)61-50-35-31-42(32-36-50)40-23-27-48(28-24-40)56-59-53(45-17-9-3-10-18-45)38-54(60-56)46-19-11-4-12-20-46/h1-38H. The second kappa shape index (κ2) is 16.9. The van der Waals surface area contributed by atoms with Crippen LogP contribution in [-0.4, -0.2) is 19.9 Å². The van der Waals surface area contributed by atoms with Crippen molar-refractivity contribution in [3.05, 3.63) is 231 Å². The van der Waals surface area contributed by atoms with E-state index in [2.05, 4.69) is 133 Å². The van der Waals surface area contributed by atoms with E-state index < -0.39 is 0 Å². The number of rotatable bonds is 10. The Hall–Kier alpha value is -8.28. The van der Waals surface area contributed by atoms with E-state index in [0.29, 0.717) is 11.6 Å². The summed E-state index contributed by atoms with van der Waals surface area (Å²) in [5.41, 5.74) is 14.1. The summed E-state index contributed by atoms with van der Waals surface area (Å²) < 4.78 is 6.27. The Kier molecular flexibility index (Phi) is 10.3. The number of benzene rings is 8. The maximum atomic E-state index is 6.27. The summed E-state index contributed by atoms with van der Waals surface area (Å²) >= 11 is 0. The minimum atomic E-state index is 0.690. The molecule has 10 rings (SSSR count). The molecule has 5 heteroatoms. The predicted octanol–water partition coefficient (Wildman–Crippen LogP) is 14.4. The topological polar surface area (TPSA) is 60.8 Å². The normalized spacial score (nSPS) is 11.0. The van der Waals surface area contributed by atoms with Gasteiger partial charge < -0.3 is 4.74 Å². The largest absolute Gasteiger partial charge is 0.457 e. The fourth-order valence-corrected chi connectivity index (χ4v) is 7.37. The average Bonchev–Trinajstić information content (AvgIpc) is 3.35. The summed E-state index contributed by atoms with van der Waals surface area (Å²) in [5, 5.41) is 0. The van der Waals surface area contributed by atoms with Crippen molar-refractivity contribution in [3.63, 3.8) is 0 Å². The lowest BCUT2D eigenvalue weighted by Crippen LogP contribution is -1.96. The molecular weight excluding hydrogens is 745 g/mol. The molecule has 0 saturated heterocycles. The molecule has 0 unspecified atom stereocenters. The van der Waals surface area contributed by atoms with Crippen LogP contribution in [0.15, 0.2) is 231 Å². The molecule has 10 aromatic rings. The van der Waals surface area contributed by atoms with Crippen molar-refractivity contribution in [2.24, 2.45) is 0 Å². The van der Waals surface area contributed by atoms with E-state index in [1.54, 1.807) is 0 Å². The molecule has 2 heterocycles. The highest BCUT2D eigenvalue weighted by atomic mass is 16.5. The Morgan fingerprint density at radius 1 is 0.213 bits per heavy atom. The Balaban J connectivity index is 0.827. The molecule has 8 aromatic carbocycles. The molecule has 0 saturated carbocycles. The molecule has 0 atom stereocenters. The van der Waals surface area contributed by atoms with E-state index in [4.69, 9.17) is 24.7 Å². The number of ether oxygens (including phenoxy) is 1. The first-order chi connectivity index (χ1) is 30.2. The molecular formula is C56H38N4O. The number of hydrogen-bond acceptors (Lipinski definition) is 5. The van der Waals surface area contributed by atoms with Gasteiger partial charge in [-0.1, -0.05) is 194 Å². The van der Waals surface area contributed by atoms with Crippen LogP contribution in [0.5, 0.6) is 11.5 Å². The molecule has 0 fully saturated rings. The number of nitrogens with zero attached hydrogens (tertiary/aromatic N) is 4. The first kappa shape index (κ1) is 37.0. The fourth-order valence-electron chi connectivity index (χ4n) is 7.37. The third kappa shape index (κ3) is 8.35. The van der Waals surface area contributed by atoms with Crippen LogP contribution >= 0.6 is 0 Å². The van der Waals surface area contributed by atoms with Crippen molar-refractivity contribution in [1.82, 2.24) is 19.9 Å². The smallest absolute Gasteiger partial charge is 0.160 e. The van der Waals surface area contributed by atoms with E-state index in [9.17, 15) is 0 Å². The van der Waals surface area contributed by atoms with Crippen molar-refractivity contribution in [2.45, 2.75) is 0 Å². The zero-order valence-corrected chi connectivity index (χ0v) is 33.1. The summed E-state index contributed by atoms with van der Waals surface area (Å²) in [6, 6.07) is 78.3. The highest BCUT2D eigenvalue weighted by Gasteiger charge is 2.13. The van der Waals surface area contributed by atoms with Gasteiger partial charge >= 0.3 is 0 Å². The van der Waals surface area contributed by atoms with E-state index in [0.717, 1.165) is 89.9 Å². The van der Waals surface area contributed by atoms with Gasteiger partial charge in [0.25, 0.3) is 0 Å². The lowest BCUT2D eigenvalue weighted by molar-refractivity contribution is 0.483. The van der Waals surface area contributed by atoms with Crippen LogP contribution in [0, 0.1) is 0 Å². The van der Waals surface area contributed by atoms with Gasteiger partial charge in [-0.25, -0.2) is 19.9 Å². The van der Waals surface area contributed by atoms with Crippen LogP contribution < -0.4 is 4.74 Å². The van der Waals surface area contributed by atoms with E-state index >= 15 is 0 Å². The van der Waals surface area contributed by atoms with Gasteiger partial charge in [0.05, 0.1) is 22.8 Å². The van der Waals surface area contributed by atoms with Crippen LogP contribution in [0.4, 0.5) is 0 Å². The minimum Gasteiger partial charge on any atom is -0.457 e. The molecule has 0 N–H and O–H groups in total. The average molecular weight is 783 g/mol. The van der Waals surface area contributed by atoms with Crippen molar-refractivity contribution >= 4 is 0 Å². The second-order valence-electron chi connectivity index (χ2n) is 14.7. The quantitative estimate of drug-likeness (QED) is 0.138. The molecule has 2 aromatic heterocycles. The SMILES string of the molecule is c1ccc(-c2cc(-c3ccccc3)nc(-c3ccc(-c4ccc(Oc5ccc(-c6ccc(-c7nc(-c8ccccc8)cc(-c8ccccc8)n7)cc6)cc5)cc4)cc3)n2)cc1. The van der Waals surface area contributed by atoms with E-state index in [1.165, 1.54) is 0 Å². The van der Waals surface area contributed by atoms with Crippen molar-refractivity contribution in [3.8, 4) is 102 Å². The summed E-state index contributed by atoms with van der Waals surface area (Å²) in [6.07, 6.45) is 0. The Bertz CT molecular complexity index is 2700. The zero-order chi connectivity index (χ0) is 40.8. The lowest BCUT2D eigenvalue weighted by atomic mass is 10.0.